The zero-order valence-electron chi connectivity index (χ0n) is 9.47. The standard InChI is InChI=1S/C10H24N2O/c1-5-12(4)8-7-11-10(3)9-13-6-2/h10-11H,5-9H2,1-4H3. The Balaban J connectivity index is 3.21. The van der Waals surface area contributed by atoms with Crippen LogP contribution in [-0.2, 0) is 4.74 Å². The Morgan fingerprint density at radius 2 is 2.08 bits per heavy atom. The van der Waals surface area contributed by atoms with Gasteiger partial charge in [-0.15, -0.1) is 0 Å². The number of hydrogen-bond acceptors (Lipinski definition) is 3. The van der Waals surface area contributed by atoms with Gasteiger partial charge in [-0.2, -0.15) is 0 Å². The first-order valence-electron chi connectivity index (χ1n) is 5.20. The lowest BCUT2D eigenvalue weighted by Gasteiger charge is -2.17. The Kier molecular flexibility index (Phi) is 8.40. The van der Waals surface area contributed by atoms with E-state index < -0.39 is 0 Å². The molecule has 0 aliphatic carbocycles. The molecule has 0 spiro atoms. The van der Waals surface area contributed by atoms with Crippen LogP contribution in [0, 0.1) is 0 Å². The van der Waals surface area contributed by atoms with Crippen LogP contribution in [-0.4, -0.2) is 50.8 Å². The van der Waals surface area contributed by atoms with Crippen molar-refractivity contribution in [1.82, 2.24) is 10.2 Å². The average molecular weight is 188 g/mol. The molecule has 0 aromatic heterocycles. The summed E-state index contributed by atoms with van der Waals surface area (Å²) in [5.74, 6) is 0. The molecule has 0 aromatic carbocycles. The zero-order chi connectivity index (χ0) is 10.1. The third kappa shape index (κ3) is 8.22. The Morgan fingerprint density at radius 3 is 2.62 bits per heavy atom. The van der Waals surface area contributed by atoms with Gasteiger partial charge >= 0.3 is 0 Å². The molecule has 80 valence electrons. The average Bonchev–Trinajstić information content (AvgIpc) is 2.14. The molecule has 0 saturated carbocycles. The molecule has 1 N–H and O–H groups in total. The van der Waals surface area contributed by atoms with Gasteiger partial charge in [-0.05, 0) is 27.4 Å². The summed E-state index contributed by atoms with van der Waals surface area (Å²) < 4.78 is 5.30. The third-order valence-corrected chi connectivity index (χ3v) is 2.10. The van der Waals surface area contributed by atoms with E-state index in [0.29, 0.717) is 6.04 Å². The summed E-state index contributed by atoms with van der Waals surface area (Å²) in [7, 11) is 2.13. The van der Waals surface area contributed by atoms with Crippen molar-refractivity contribution in [1.29, 1.82) is 0 Å². The Morgan fingerprint density at radius 1 is 1.38 bits per heavy atom. The molecule has 0 fully saturated rings. The molecule has 0 bridgehead atoms. The predicted molar refractivity (Wildman–Crippen MR) is 57.1 cm³/mol. The summed E-state index contributed by atoms with van der Waals surface area (Å²) in [4.78, 5) is 2.29. The summed E-state index contributed by atoms with van der Waals surface area (Å²) in [6.45, 7) is 11.2. The van der Waals surface area contributed by atoms with E-state index in [4.69, 9.17) is 4.74 Å². The van der Waals surface area contributed by atoms with Gasteiger partial charge in [-0.25, -0.2) is 0 Å². The minimum atomic E-state index is 0.463. The van der Waals surface area contributed by atoms with Crippen LogP contribution in [0.25, 0.3) is 0 Å². The van der Waals surface area contributed by atoms with Gasteiger partial charge in [0.25, 0.3) is 0 Å². The first kappa shape index (κ1) is 12.9. The lowest BCUT2D eigenvalue weighted by atomic mass is 10.3. The van der Waals surface area contributed by atoms with Crippen molar-refractivity contribution in [2.45, 2.75) is 26.8 Å². The molecule has 3 nitrogen and oxygen atoms in total. The fourth-order valence-corrected chi connectivity index (χ4v) is 1.01. The molecule has 0 rings (SSSR count). The van der Waals surface area contributed by atoms with Crippen LogP contribution in [0.1, 0.15) is 20.8 Å². The van der Waals surface area contributed by atoms with Crippen LogP contribution in [0.5, 0.6) is 0 Å². The maximum absolute atomic E-state index is 5.30. The van der Waals surface area contributed by atoms with E-state index in [9.17, 15) is 0 Å². The molecule has 0 saturated heterocycles. The van der Waals surface area contributed by atoms with Crippen LogP contribution in [0.3, 0.4) is 0 Å². The zero-order valence-corrected chi connectivity index (χ0v) is 9.47. The number of rotatable bonds is 8. The Bertz CT molecular complexity index is 109. The number of nitrogens with zero attached hydrogens (tertiary/aromatic N) is 1. The van der Waals surface area contributed by atoms with Crippen molar-refractivity contribution in [2.24, 2.45) is 0 Å². The molecule has 1 unspecified atom stereocenters. The minimum Gasteiger partial charge on any atom is -0.380 e. The quantitative estimate of drug-likeness (QED) is 0.614. The second kappa shape index (κ2) is 8.48. The molecule has 0 radical (unpaired) electrons. The van der Waals surface area contributed by atoms with Gasteiger partial charge in [0.15, 0.2) is 0 Å². The van der Waals surface area contributed by atoms with E-state index in [2.05, 4.69) is 31.1 Å². The second-order valence-electron chi connectivity index (χ2n) is 3.41. The van der Waals surface area contributed by atoms with Crippen molar-refractivity contribution in [3.63, 3.8) is 0 Å². The molecular formula is C10H24N2O. The second-order valence-corrected chi connectivity index (χ2v) is 3.41. The van der Waals surface area contributed by atoms with Gasteiger partial charge in [0.2, 0.25) is 0 Å². The number of likely N-dealkylation sites (N-methyl/N-ethyl adjacent to an activating group) is 1. The fourth-order valence-electron chi connectivity index (χ4n) is 1.01. The number of ether oxygens (including phenoxy) is 1. The molecule has 0 aliphatic heterocycles. The molecule has 0 amide bonds. The Hall–Kier alpha value is -0.120. The smallest absolute Gasteiger partial charge is 0.0616 e. The van der Waals surface area contributed by atoms with E-state index in [1.807, 2.05) is 6.92 Å². The Labute approximate surface area is 82.4 Å². The van der Waals surface area contributed by atoms with Crippen molar-refractivity contribution in [3.05, 3.63) is 0 Å². The van der Waals surface area contributed by atoms with Crippen LogP contribution in [0.4, 0.5) is 0 Å². The molecule has 3 heteroatoms. The van der Waals surface area contributed by atoms with E-state index in [-0.39, 0.29) is 0 Å². The van der Waals surface area contributed by atoms with E-state index in [1.165, 1.54) is 0 Å². The van der Waals surface area contributed by atoms with Gasteiger partial charge in [-0.1, -0.05) is 6.92 Å². The van der Waals surface area contributed by atoms with Crippen LogP contribution >= 0.6 is 0 Å². The van der Waals surface area contributed by atoms with Crippen LogP contribution in [0.2, 0.25) is 0 Å². The number of nitrogens with one attached hydrogen (secondary N) is 1. The third-order valence-electron chi connectivity index (χ3n) is 2.10. The van der Waals surface area contributed by atoms with Gasteiger partial charge in [0.1, 0.15) is 0 Å². The van der Waals surface area contributed by atoms with Gasteiger partial charge in [0.05, 0.1) is 6.61 Å². The highest BCUT2D eigenvalue weighted by Crippen LogP contribution is 1.84. The summed E-state index contributed by atoms with van der Waals surface area (Å²) in [6.07, 6.45) is 0. The summed E-state index contributed by atoms with van der Waals surface area (Å²) in [5.41, 5.74) is 0. The normalized spacial score (nSPS) is 13.6. The highest BCUT2D eigenvalue weighted by Gasteiger charge is 2.00. The minimum absolute atomic E-state index is 0.463. The van der Waals surface area contributed by atoms with Crippen molar-refractivity contribution in [2.75, 3.05) is 39.9 Å². The maximum atomic E-state index is 5.30. The number of hydrogen-bond donors (Lipinski definition) is 1. The first-order chi connectivity index (χ1) is 6.20. The highest BCUT2D eigenvalue weighted by atomic mass is 16.5. The van der Waals surface area contributed by atoms with Crippen molar-refractivity contribution < 1.29 is 4.74 Å². The molecule has 13 heavy (non-hydrogen) atoms. The fraction of sp³-hybridized carbons (Fsp3) is 1.00. The van der Waals surface area contributed by atoms with Crippen molar-refractivity contribution in [3.8, 4) is 0 Å². The van der Waals surface area contributed by atoms with Crippen LogP contribution in [0.15, 0.2) is 0 Å². The topological polar surface area (TPSA) is 24.5 Å². The lowest BCUT2D eigenvalue weighted by Crippen LogP contribution is -2.36. The largest absolute Gasteiger partial charge is 0.380 e. The van der Waals surface area contributed by atoms with E-state index in [1.54, 1.807) is 0 Å². The molecular weight excluding hydrogens is 164 g/mol. The summed E-state index contributed by atoms with van der Waals surface area (Å²) in [6, 6.07) is 0.463. The van der Waals surface area contributed by atoms with Gasteiger partial charge in [0, 0.05) is 25.7 Å². The first-order valence-corrected chi connectivity index (χ1v) is 5.20. The molecule has 0 heterocycles. The monoisotopic (exact) mass is 188 g/mol. The van der Waals surface area contributed by atoms with E-state index >= 15 is 0 Å². The molecule has 1 atom stereocenters. The maximum Gasteiger partial charge on any atom is 0.0616 e. The van der Waals surface area contributed by atoms with Gasteiger partial charge in [-0.3, -0.25) is 0 Å². The lowest BCUT2D eigenvalue weighted by molar-refractivity contribution is 0.126. The van der Waals surface area contributed by atoms with Gasteiger partial charge < -0.3 is 15.0 Å². The van der Waals surface area contributed by atoms with Crippen molar-refractivity contribution >= 4 is 0 Å². The molecule has 0 aliphatic rings. The van der Waals surface area contributed by atoms with E-state index in [0.717, 1.165) is 32.8 Å². The predicted octanol–water partition coefficient (Wildman–Crippen LogP) is 0.953. The summed E-state index contributed by atoms with van der Waals surface area (Å²) in [5, 5.41) is 3.42. The SMILES string of the molecule is CCOCC(C)NCCN(C)CC. The highest BCUT2D eigenvalue weighted by molar-refractivity contribution is 4.60. The molecule has 0 aromatic rings. The van der Waals surface area contributed by atoms with Crippen LogP contribution < -0.4 is 5.32 Å². The summed E-state index contributed by atoms with van der Waals surface area (Å²) >= 11 is 0.